The van der Waals surface area contributed by atoms with Crippen molar-refractivity contribution >= 4 is 100 Å². The van der Waals surface area contributed by atoms with Gasteiger partial charge in [0.05, 0.1) is 38.4 Å². The first kappa shape index (κ1) is 105. The average Bonchev–Trinajstić information content (AvgIpc) is 0.854. The van der Waals surface area contributed by atoms with Crippen molar-refractivity contribution in [1.82, 2.24) is 85.1 Å². The number of nitrogens with one attached hydrogen (secondary N) is 16. The maximum absolute atomic E-state index is 14.2. The van der Waals surface area contributed by atoms with Crippen molar-refractivity contribution < 1.29 is 102 Å². The van der Waals surface area contributed by atoms with Crippen LogP contribution in [0.3, 0.4) is 0 Å². The minimum atomic E-state index is -1.70. The second kappa shape index (κ2) is 53.2. The Morgan fingerprint density at radius 2 is 0.650 bits per heavy atom. The molecule has 117 heavy (non-hydrogen) atoms. The summed E-state index contributed by atoms with van der Waals surface area (Å²) < 4.78 is 0. The van der Waals surface area contributed by atoms with Crippen molar-refractivity contribution in [1.29, 1.82) is 0 Å². The molecule has 0 heterocycles. The van der Waals surface area contributed by atoms with Gasteiger partial charge < -0.3 is 123 Å². The molecule has 0 aromatic heterocycles. The molecule has 0 aliphatic rings. The van der Waals surface area contributed by atoms with Gasteiger partial charge in [0.25, 0.3) is 0 Å². The largest absolute Gasteiger partial charge is 0.508 e. The van der Waals surface area contributed by atoms with Crippen molar-refractivity contribution in [2.24, 2.45) is 58.6 Å². The molecule has 0 radical (unpaired) electrons. The van der Waals surface area contributed by atoms with Gasteiger partial charge in [-0.15, -0.1) is 0 Å². The van der Waals surface area contributed by atoms with E-state index in [1.165, 1.54) is 26.0 Å². The van der Waals surface area contributed by atoms with E-state index in [0.717, 1.165) is 6.92 Å². The monoisotopic (exact) mass is 1660 g/mol. The predicted octanol–water partition coefficient (Wildman–Crippen LogP) is -4.96. The Labute approximate surface area is 684 Å². The van der Waals surface area contributed by atoms with E-state index in [9.17, 15) is 102 Å². The summed E-state index contributed by atoms with van der Waals surface area (Å²) in [5.41, 5.74) is 18.3. The zero-order chi connectivity index (χ0) is 89.4. The molecular formula is C77H133N19O21. The van der Waals surface area contributed by atoms with Crippen molar-refractivity contribution in [2.45, 2.75) is 266 Å². The average molecular weight is 1660 g/mol. The van der Waals surface area contributed by atoms with Crippen molar-refractivity contribution in [3.63, 3.8) is 0 Å². The van der Waals surface area contributed by atoms with Crippen LogP contribution in [0.25, 0.3) is 0 Å². The number of carbonyl (C=O) groups excluding carboxylic acids is 16. The van der Waals surface area contributed by atoms with E-state index in [4.69, 9.17) is 17.2 Å². The van der Waals surface area contributed by atoms with E-state index in [1.54, 1.807) is 95.2 Å². The lowest BCUT2D eigenvalue weighted by molar-refractivity contribution is -0.145. The van der Waals surface area contributed by atoms with E-state index in [2.05, 4.69) is 85.1 Å². The summed E-state index contributed by atoms with van der Waals surface area (Å²) in [7, 11) is 0. The molecule has 1 rings (SSSR count). The van der Waals surface area contributed by atoms with E-state index < -0.39 is 247 Å². The number of phenols is 1. The molecule has 0 aliphatic heterocycles. The fourth-order valence-corrected chi connectivity index (χ4v) is 11.6. The third kappa shape index (κ3) is 39.1. The number of carbonyl (C=O) groups is 17. The number of carboxylic acid groups (broad SMARTS) is 1. The molecule has 0 saturated carbocycles. The van der Waals surface area contributed by atoms with Crippen molar-refractivity contribution in [3.05, 3.63) is 29.8 Å². The minimum absolute atomic E-state index is 0.0263. The van der Waals surface area contributed by atoms with Crippen LogP contribution in [0.15, 0.2) is 24.3 Å². The van der Waals surface area contributed by atoms with E-state index in [1.807, 2.05) is 13.8 Å². The van der Waals surface area contributed by atoms with Gasteiger partial charge in [-0.25, -0.2) is 4.79 Å². The second-order valence-corrected chi connectivity index (χ2v) is 31.8. The Morgan fingerprint density at radius 3 is 1.03 bits per heavy atom. The third-order valence-electron chi connectivity index (χ3n) is 18.5. The Hall–Kier alpha value is -10.2. The number of carboxylic acids is 1. The van der Waals surface area contributed by atoms with Crippen LogP contribution in [-0.4, -0.2) is 251 Å². The maximum Gasteiger partial charge on any atom is 0.328 e. The molecular weight excluding hydrogens is 1530 g/mol. The fourth-order valence-electron chi connectivity index (χ4n) is 11.6. The maximum atomic E-state index is 14.2. The first-order valence-electron chi connectivity index (χ1n) is 39.8. The molecule has 1 aromatic carbocycles. The first-order valence-corrected chi connectivity index (χ1v) is 39.8. The molecule has 16 amide bonds. The van der Waals surface area contributed by atoms with Gasteiger partial charge >= 0.3 is 5.97 Å². The molecule has 40 nitrogen and oxygen atoms in total. The number of aliphatic carboxylic acids is 1. The van der Waals surface area contributed by atoms with Gasteiger partial charge in [0.1, 0.15) is 78.3 Å². The van der Waals surface area contributed by atoms with E-state index >= 15 is 0 Å². The highest BCUT2D eigenvalue weighted by atomic mass is 16.4. The second-order valence-electron chi connectivity index (χ2n) is 31.8. The van der Waals surface area contributed by atoms with Gasteiger partial charge in [-0.05, 0) is 151 Å². The first-order chi connectivity index (χ1) is 54.6. The van der Waals surface area contributed by atoms with Crippen LogP contribution in [0.2, 0.25) is 0 Å². The summed E-state index contributed by atoms with van der Waals surface area (Å²) in [6.45, 7) is 24.3. The Morgan fingerprint density at radius 1 is 0.342 bits per heavy atom. The zero-order valence-electron chi connectivity index (χ0n) is 70.6. The molecule has 15 atom stereocenters. The van der Waals surface area contributed by atoms with Crippen molar-refractivity contribution in [3.8, 4) is 5.75 Å². The zero-order valence-corrected chi connectivity index (χ0v) is 70.6. The van der Waals surface area contributed by atoms with E-state index in [-0.39, 0.29) is 62.7 Å². The standard InChI is InChI=1S/C77H133N19O21/c1-37(2)30-52(70(109)96-63(46(17)98)77(116)117)88-64(103)45(16)85-71(110)54(36-97)90-67(106)50(22-18-20-28-78)86-56(101)34-82-72(111)58(39(5)6)91-57(102)35-83-73(112)59(40(7)8)92-65(104)44(15)84-55(100)33-81-74(113)60(41(9)10)94-76(115)62(43(13)14)95-75(114)61(42(11)12)93-69(108)53(31-38(3)4)89-68(107)51(23-19-21-29-79)87-66(105)49(80)32-47-24-26-48(99)27-25-47/h24-27,37-46,49-54,58-63,97-99H,18-23,28-36,78-80H2,1-17H3,(H,81,113)(H,82,111)(H,83,112)(H,84,100)(H,85,110)(H,86,101)(H,87,105)(H,88,103)(H,89,107)(H,90,106)(H,91,102)(H,92,104)(H,93,108)(H,94,115)(H,95,114)(H,96,109)(H,116,117)/t44-,45-,46+,49-,50-,51-,52-,53-,54-,58-,59-,60-,61-,62-,63-/m0/s1. The molecule has 1 aromatic rings. The number of amides is 16. The molecule has 0 aliphatic carbocycles. The summed E-state index contributed by atoms with van der Waals surface area (Å²) in [5.74, 6) is -18.2. The highest BCUT2D eigenvalue weighted by Gasteiger charge is 2.39. The summed E-state index contributed by atoms with van der Waals surface area (Å²) >= 11 is 0. The van der Waals surface area contributed by atoms with Crippen LogP contribution in [0.4, 0.5) is 0 Å². The Balaban J connectivity index is 3.03. The fraction of sp³-hybridized carbons (Fsp3) is 0.701. The van der Waals surface area contributed by atoms with E-state index in [0.29, 0.717) is 31.4 Å². The molecule has 662 valence electrons. The summed E-state index contributed by atoms with van der Waals surface area (Å²) in [5, 5.41) is 79.1. The summed E-state index contributed by atoms with van der Waals surface area (Å²) in [6.07, 6.45) is 0.536. The number of aliphatic hydroxyl groups excluding tert-OH is 2. The molecule has 0 unspecified atom stereocenters. The molecule has 0 fully saturated rings. The lowest BCUT2D eigenvalue weighted by atomic mass is 9.97. The number of phenolic OH excluding ortho intramolecular Hbond substituents is 1. The normalized spacial score (nSPS) is 15.3. The highest BCUT2D eigenvalue weighted by molar-refractivity contribution is 6.00. The SMILES string of the molecule is CC(C)C[C@H](NC(=O)[C@H](C)NC(=O)[C@H](CO)NC(=O)[C@H](CCCCN)NC(=O)CNC(=O)[C@@H](NC(=O)CNC(=O)[C@@H](NC(=O)[C@H](C)NC(=O)CNC(=O)[C@@H](NC(=O)[C@@H](NC(=O)[C@@H](NC(=O)[C@H](CC(C)C)NC(=O)[C@H](CCCCN)NC(=O)[C@@H](N)Cc1ccc(O)cc1)C(C)C)C(C)C)C(C)C)C(C)C)C(C)C)C(=O)N[C@H](C(=O)O)[C@@H](C)O. The van der Waals surface area contributed by atoms with Gasteiger partial charge in [0.15, 0.2) is 6.04 Å². The van der Waals surface area contributed by atoms with Crippen LogP contribution in [-0.2, 0) is 87.9 Å². The smallest absolute Gasteiger partial charge is 0.328 e. The van der Waals surface area contributed by atoms with Crippen LogP contribution in [0, 0.1) is 41.4 Å². The van der Waals surface area contributed by atoms with Crippen molar-refractivity contribution in [2.75, 3.05) is 39.3 Å². The van der Waals surface area contributed by atoms with Gasteiger partial charge in [-0.1, -0.05) is 109 Å². The summed E-state index contributed by atoms with van der Waals surface area (Å²) in [4.78, 5) is 229. The quantitative estimate of drug-likeness (QED) is 0.0272. The number of rotatable bonds is 54. The lowest BCUT2D eigenvalue weighted by Crippen LogP contribution is -2.61. The highest BCUT2D eigenvalue weighted by Crippen LogP contribution is 2.16. The number of hydrogen-bond acceptors (Lipinski definition) is 23. The van der Waals surface area contributed by atoms with Gasteiger partial charge in [-0.3, -0.25) is 76.7 Å². The van der Waals surface area contributed by atoms with Crippen LogP contribution >= 0.6 is 0 Å². The van der Waals surface area contributed by atoms with Crippen LogP contribution < -0.4 is 102 Å². The molecule has 40 heteroatoms. The Kier molecular flexibility index (Phi) is 47.7. The van der Waals surface area contributed by atoms with Gasteiger partial charge in [0.2, 0.25) is 94.5 Å². The van der Waals surface area contributed by atoms with Gasteiger partial charge in [0, 0.05) is 0 Å². The van der Waals surface area contributed by atoms with Gasteiger partial charge in [-0.2, -0.15) is 0 Å². The van der Waals surface area contributed by atoms with Crippen LogP contribution in [0.1, 0.15) is 175 Å². The number of aliphatic hydroxyl groups is 2. The number of unbranched alkanes of at least 4 members (excludes halogenated alkanes) is 2. The number of aromatic hydroxyl groups is 1. The molecule has 26 N–H and O–H groups in total. The predicted molar refractivity (Wildman–Crippen MR) is 431 cm³/mol. The molecule has 0 saturated heterocycles. The summed E-state index contributed by atoms with van der Waals surface area (Å²) in [6, 6.07) is -12.4. The minimum Gasteiger partial charge on any atom is -0.508 e. The number of hydrogen-bond donors (Lipinski definition) is 23. The topological polar surface area (TPSA) is 642 Å². The number of nitrogens with two attached hydrogens (primary N) is 3. The molecule has 0 bridgehead atoms. The lowest BCUT2D eigenvalue weighted by Gasteiger charge is -2.30. The molecule has 0 spiro atoms. The number of benzene rings is 1. The third-order valence-corrected chi connectivity index (χ3v) is 18.5. The Bertz CT molecular complexity index is 3470. The van der Waals surface area contributed by atoms with Crippen LogP contribution in [0.5, 0.6) is 5.75 Å².